The summed E-state index contributed by atoms with van der Waals surface area (Å²) in [5.41, 5.74) is 2.44. The zero-order valence-corrected chi connectivity index (χ0v) is 12.4. The minimum atomic E-state index is -0.609. The summed E-state index contributed by atoms with van der Waals surface area (Å²) in [4.78, 5) is 29.0. The average Bonchev–Trinajstić information content (AvgIpc) is 2.55. The van der Waals surface area contributed by atoms with Crippen LogP contribution in [-0.2, 0) is 9.63 Å². The molecular formula is C17H16N2O3. The third kappa shape index (κ3) is 4.02. The maximum atomic E-state index is 11.8. The summed E-state index contributed by atoms with van der Waals surface area (Å²) < 4.78 is 0. The Morgan fingerprint density at radius 2 is 1.55 bits per heavy atom. The Balaban J connectivity index is 2.01. The lowest BCUT2D eigenvalue weighted by Crippen LogP contribution is -2.22. The fraction of sp³-hybridized carbons (Fsp3) is 0.118. The van der Waals surface area contributed by atoms with Gasteiger partial charge in [0.15, 0.2) is 0 Å². The molecule has 2 aromatic carbocycles. The Kier molecular flexibility index (Phi) is 5.03. The van der Waals surface area contributed by atoms with Crippen LogP contribution >= 0.6 is 0 Å². The molecule has 0 saturated heterocycles. The van der Waals surface area contributed by atoms with Crippen molar-refractivity contribution in [3.8, 4) is 11.1 Å². The van der Waals surface area contributed by atoms with Crippen LogP contribution in [0.1, 0.15) is 10.4 Å². The molecule has 22 heavy (non-hydrogen) atoms. The first-order chi connectivity index (χ1) is 10.6. The summed E-state index contributed by atoms with van der Waals surface area (Å²) in [5.74, 6) is -0.963. The molecule has 1 amide bonds. The molecule has 5 heteroatoms. The number of amides is 1. The molecule has 0 unspecified atom stereocenters. The van der Waals surface area contributed by atoms with Gasteiger partial charge < -0.3 is 9.74 Å². The van der Waals surface area contributed by atoms with Gasteiger partial charge in [0.1, 0.15) is 6.21 Å². The SMILES string of the molecule is CN(C)C(=O)C=NOC(=O)c1ccc(-c2ccccc2)cc1. The lowest BCUT2D eigenvalue weighted by molar-refractivity contribution is -0.121. The first-order valence-electron chi connectivity index (χ1n) is 6.69. The second kappa shape index (κ2) is 7.17. The summed E-state index contributed by atoms with van der Waals surface area (Å²) in [7, 11) is 3.16. The van der Waals surface area contributed by atoms with Gasteiger partial charge in [-0.3, -0.25) is 4.79 Å². The molecule has 112 valence electrons. The molecule has 0 aliphatic carbocycles. The van der Waals surface area contributed by atoms with Crippen LogP contribution in [-0.4, -0.2) is 37.1 Å². The summed E-state index contributed by atoms with van der Waals surface area (Å²) in [6.07, 6.45) is 0.955. The number of nitrogens with zero attached hydrogens (tertiary/aromatic N) is 2. The van der Waals surface area contributed by atoms with E-state index in [-0.39, 0.29) is 5.91 Å². The van der Waals surface area contributed by atoms with Gasteiger partial charge in [-0.05, 0) is 23.3 Å². The minimum Gasteiger partial charge on any atom is -0.344 e. The smallest absolute Gasteiger partial charge is 0.344 e. The van der Waals surface area contributed by atoms with Gasteiger partial charge in [0.05, 0.1) is 5.56 Å². The van der Waals surface area contributed by atoms with E-state index >= 15 is 0 Å². The van der Waals surface area contributed by atoms with Crippen molar-refractivity contribution < 1.29 is 14.4 Å². The molecule has 0 aromatic heterocycles. The maximum absolute atomic E-state index is 11.8. The molecule has 0 aliphatic heterocycles. The van der Waals surface area contributed by atoms with Crippen molar-refractivity contribution in [2.45, 2.75) is 0 Å². The number of carbonyl (C=O) groups is 2. The minimum absolute atomic E-state index is 0.354. The molecule has 2 aromatic rings. The van der Waals surface area contributed by atoms with E-state index in [0.717, 1.165) is 17.3 Å². The summed E-state index contributed by atoms with van der Waals surface area (Å²) in [6.45, 7) is 0. The van der Waals surface area contributed by atoms with Crippen LogP contribution < -0.4 is 0 Å². The number of hydrogen-bond acceptors (Lipinski definition) is 4. The highest BCUT2D eigenvalue weighted by Crippen LogP contribution is 2.19. The molecular weight excluding hydrogens is 280 g/mol. The van der Waals surface area contributed by atoms with E-state index < -0.39 is 5.97 Å². The maximum Gasteiger partial charge on any atom is 0.365 e. The highest BCUT2D eigenvalue weighted by atomic mass is 16.7. The van der Waals surface area contributed by atoms with E-state index in [4.69, 9.17) is 0 Å². The van der Waals surface area contributed by atoms with Gasteiger partial charge in [-0.2, -0.15) is 0 Å². The van der Waals surface area contributed by atoms with Gasteiger partial charge in [-0.15, -0.1) is 0 Å². The van der Waals surface area contributed by atoms with Crippen LogP contribution in [0.5, 0.6) is 0 Å². The monoisotopic (exact) mass is 296 g/mol. The Labute approximate surface area is 128 Å². The van der Waals surface area contributed by atoms with E-state index in [0.29, 0.717) is 5.56 Å². The summed E-state index contributed by atoms with van der Waals surface area (Å²) >= 11 is 0. The number of hydrogen-bond donors (Lipinski definition) is 0. The fourth-order valence-corrected chi connectivity index (χ4v) is 1.72. The van der Waals surface area contributed by atoms with E-state index in [1.165, 1.54) is 4.90 Å². The molecule has 0 N–H and O–H groups in total. The lowest BCUT2D eigenvalue weighted by Gasteiger charge is -2.04. The van der Waals surface area contributed by atoms with Crippen molar-refractivity contribution >= 4 is 18.1 Å². The molecule has 0 radical (unpaired) electrons. The Hall–Kier alpha value is -2.95. The highest BCUT2D eigenvalue weighted by Gasteiger charge is 2.08. The summed E-state index contributed by atoms with van der Waals surface area (Å²) in [6, 6.07) is 16.8. The fourth-order valence-electron chi connectivity index (χ4n) is 1.72. The third-order valence-corrected chi connectivity index (χ3v) is 2.97. The topological polar surface area (TPSA) is 59.0 Å². The molecule has 5 nitrogen and oxygen atoms in total. The van der Waals surface area contributed by atoms with Gasteiger partial charge in [-0.25, -0.2) is 4.79 Å². The lowest BCUT2D eigenvalue weighted by atomic mass is 10.0. The van der Waals surface area contributed by atoms with Crippen LogP contribution in [0.4, 0.5) is 0 Å². The van der Waals surface area contributed by atoms with Crippen molar-refractivity contribution in [3.63, 3.8) is 0 Å². The first kappa shape index (κ1) is 15.4. The number of carbonyl (C=O) groups excluding carboxylic acids is 2. The quantitative estimate of drug-likeness (QED) is 0.495. The molecule has 0 fully saturated rings. The van der Waals surface area contributed by atoms with Crippen molar-refractivity contribution in [2.24, 2.45) is 5.16 Å². The third-order valence-electron chi connectivity index (χ3n) is 2.97. The molecule has 0 spiro atoms. The van der Waals surface area contributed by atoms with Crippen LogP contribution in [0.3, 0.4) is 0 Å². The van der Waals surface area contributed by atoms with E-state index in [9.17, 15) is 9.59 Å². The molecule has 2 rings (SSSR count). The molecule has 0 bridgehead atoms. The normalized spacial score (nSPS) is 10.5. The van der Waals surface area contributed by atoms with Crippen molar-refractivity contribution in [2.75, 3.05) is 14.1 Å². The van der Waals surface area contributed by atoms with Crippen molar-refractivity contribution in [1.82, 2.24) is 4.90 Å². The Morgan fingerprint density at radius 3 is 2.14 bits per heavy atom. The van der Waals surface area contributed by atoms with Crippen LogP contribution in [0.15, 0.2) is 59.8 Å². The van der Waals surface area contributed by atoms with Crippen LogP contribution in [0, 0.1) is 0 Å². The Bertz CT molecular complexity index is 677. The van der Waals surface area contributed by atoms with Crippen molar-refractivity contribution in [1.29, 1.82) is 0 Å². The van der Waals surface area contributed by atoms with Crippen molar-refractivity contribution in [3.05, 3.63) is 60.2 Å². The van der Waals surface area contributed by atoms with Gasteiger partial charge in [0.2, 0.25) is 0 Å². The average molecular weight is 296 g/mol. The molecule has 0 atom stereocenters. The largest absolute Gasteiger partial charge is 0.365 e. The first-order valence-corrected chi connectivity index (χ1v) is 6.69. The second-order valence-corrected chi connectivity index (χ2v) is 4.79. The van der Waals surface area contributed by atoms with E-state index in [1.807, 2.05) is 42.5 Å². The summed E-state index contributed by atoms with van der Waals surface area (Å²) in [5, 5.41) is 3.38. The predicted molar refractivity (Wildman–Crippen MR) is 84.5 cm³/mol. The number of oxime groups is 1. The molecule has 0 heterocycles. The Morgan fingerprint density at radius 1 is 0.955 bits per heavy atom. The molecule has 0 saturated carbocycles. The van der Waals surface area contributed by atoms with Crippen LogP contribution in [0.25, 0.3) is 11.1 Å². The predicted octanol–water partition coefficient (Wildman–Crippen LogP) is 2.58. The highest BCUT2D eigenvalue weighted by molar-refractivity contribution is 6.25. The van der Waals surface area contributed by atoms with Crippen LogP contribution in [0.2, 0.25) is 0 Å². The van der Waals surface area contributed by atoms with Gasteiger partial charge in [0.25, 0.3) is 5.91 Å². The number of benzene rings is 2. The van der Waals surface area contributed by atoms with E-state index in [1.54, 1.807) is 26.2 Å². The van der Waals surface area contributed by atoms with E-state index in [2.05, 4.69) is 9.99 Å². The van der Waals surface area contributed by atoms with Gasteiger partial charge in [-0.1, -0.05) is 47.6 Å². The molecule has 0 aliphatic rings. The van der Waals surface area contributed by atoms with Gasteiger partial charge in [0, 0.05) is 14.1 Å². The zero-order chi connectivity index (χ0) is 15.9. The van der Waals surface area contributed by atoms with Gasteiger partial charge >= 0.3 is 5.97 Å². The standard InChI is InChI=1S/C17H16N2O3/c1-19(2)16(20)12-18-22-17(21)15-10-8-14(9-11-15)13-6-4-3-5-7-13/h3-12H,1-2H3. The number of rotatable bonds is 4. The zero-order valence-electron chi connectivity index (χ0n) is 12.4. The second-order valence-electron chi connectivity index (χ2n) is 4.79.